The van der Waals surface area contributed by atoms with Gasteiger partial charge in [-0.3, -0.25) is 9.78 Å². The van der Waals surface area contributed by atoms with Gasteiger partial charge >= 0.3 is 0 Å². The van der Waals surface area contributed by atoms with E-state index >= 15 is 0 Å². The van der Waals surface area contributed by atoms with Gasteiger partial charge in [-0.05, 0) is 85.5 Å². The second kappa shape index (κ2) is 11.2. The van der Waals surface area contributed by atoms with E-state index in [4.69, 9.17) is 21.9 Å². The number of hydrogen-bond acceptors (Lipinski definition) is 4. The number of hydrogen-bond donors (Lipinski definition) is 2. The van der Waals surface area contributed by atoms with Crippen LogP contribution in [-0.2, 0) is 9.53 Å². The van der Waals surface area contributed by atoms with Crippen molar-refractivity contribution in [1.82, 2.24) is 14.9 Å². The molecule has 1 aliphatic rings. The van der Waals surface area contributed by atoms with Crippen molar-refractivity contribution in [1.29, 1.82) is 0 Å². The first-order chi connectivity index (χ1) is 20.0. The summed E-state index contributed by atoms with van der Waals surface area (Å²) in [5, 5.41) is 9.44. The normalized spacial score (nSPS) is 16.7. The molecule has 41 heavy (non-hydrogen) atoms. The van der Waals surface area contributed by atoms with E-state index in [-0.39, 0.29) is 24.6 Å². The van der Waals surface area contributed by atoms with Gasteiger partial charge in [-0.25, -0.2) is 0 Å². The van der Waals surface area contributed by atoms with Gasteiger partial charge in [0.15, 0.2) is 5.11 Å². The lowest BCUT2D eigenvalue weighted by molar-refractivity contribution is -0.119. The summed E-state index contributed by atoms with van der Waals surface area (Å²) < 4.78 is 7.27. The summed E-state index contributed by atoms with van der Waals surface area (Å²) in [6.07, 6.45) is 1.82. The van der Waals surface area contributed by atoms with Crippen LogP contribution in [0.1, 0.15) is 34.7 Å². The van der Waals surface area contributed by atoms with Crippen molar-refractivity contribution < 1.29 is 9.53 Å². The van der Waals surface area contributed by atoms with Gasteiger partial charge in [-0.15, -0.1) is 0 Å². The topological polar surface area (TPSA) is 71.4 Å². The highest BCUT2D eigenvalue weighted by Crippen LogP contribution is 2.44. The van der Waals surface area contributed by atoms with Crippen molar-refractivity contribution in [3.63, 3.8) is 0 Å². The molecule has 0 spiro atoms. The van der Waals surface area contributed by atoms with E-state index < -0.39 is 0 Å². The molecule has 0 unspecified atom stereocenters. The minimum atomic E-state index is -0.201. The maximum atomic E-state index is 12.0. The molecule has 3 aromatic carbocycles. The average Bonchev–Trinajstić information content (AvgIpc) is 3.48. The second-order valence-corrected chi connectivity index (χ2v) is 10.6. The molecular weight excluding hydrogens is 530 g/mol. The van der Waals surface area contributed by atoms with Gasteiger partial charge in [-0.1, -0.05) is 42.5 Å². The fraction of sp³-hybridized carbons (Fsp3) is 0.182. The molecule has 3 heterocycles. The molecule has 7 nitrogen and oxygen atoms in total. The van der Waals surface area contributed by atoms with Crippen molar-refractivity contribution in [3.05, 3.63) is 120 Å². The van der Waals surface area contributed by atoms with E-state index in [1.165, 1.54) is 17.9 Å². The Balaban J connectivity index is 1.46. The predicted octanol–water partition coefficient (Wildman–Crippen LogP) is 6.40. The fourth-order valence-electron chi connectivity index (χ4n) is 5.84. The van der Waals surface area contributed by atoms with Crippen LogP contribution < -0.4 is 15.5 Å². The van der Waals surface area contributed by atoms with Crippen LogP contribution in [0.15, 0.2) is 97.2 Å². The zero-order valence-corrected chi connectivity index (χ0v) is 24.0. The van der Waals surface area contributed by atoms with Crippen LogP contribution in [0.4, 0.5) is 11.4 Å². The average molecular weight is 562 g/mol. The zero-order chi connectivity index (χ0) is 28.5. The van der Waals surface area contributed by atoms with E-state index in [1.54, 1.807) is 0 Å². The summed E-state index contributed by atoms with van der Waals surface area (Å²) in [5.41, 5.74) is 7.13. The number of carbonyl (C=O) groups excluding carboxylic acids is 1. The largest absolute Gasteiger partial charge is 0.375 e. The summed E-state index contributed by atoms with van der Waals surface area (Å²) in [4.78, 5) is 18.9. The van der Waals surface area contributed by atoms with Crippen LogP contribution in [-0.4, -0.2) is 34.3 Å². The summed E-state index contributed by atoms with van der Waals surface area (Å²) in [6.45, 7) is 4.33. The Labute approximate surface area is 244 Å². The third kappa shape index (κ3) is 4.96. The van der Waals surface area contributed by atoms with Crippen LogP contribution in [0.5, 0.6) is 0 Å². The van der Waals surface area contributed by atoms with Crippen LogP contribution in [0.25, 0.3) is 16.5 Å². The Bertz CT molecular complexity index is 1730. The number of aromatic nitrogens is 2. The standard InChI is InChI=1S/C33H31N5O2S/c1-21-19-27(22(2)37(21)29-13-8-10-23-9-4-5-11-26(23)29)32-31(28-12-6-7-18-34-28)36-33(41)38(32)25-16-14-24(15-17-25)35-30(39)20-40-3/h4-19,31-32H,20H2,1-3H3,(H,35,39)(H,36,41)/t31-,32-/m0/s1. The highest BCUT2D eigenvalue weighted by molar-refractivity contribution is 7.80. The minimum absolute atomic E-state index is 0.00201. The number of methoxy groups -OCH3 is 1. The third-order valence-corrected chi connectivity index (χ3v) is 7.91. The number of fused-ring (bicyclic) bond motifs is 1. The van der Waals surface area contributed by atoms with E-state index in [0.717, 1.165) is 34.0 Å². The molecule has 0 bridgehead atoms. The van der Waals surface area contributed by atoms with Gasteiger partial charge < -0.3 is 24.8 Å². The van der Waals surface area contributed by atoms with Crippen LogP contribution in [0, 0.1) is 13.8 Å². The van der Waals surface area contributed by atoms with Crippen LogP contribution >= 0.6 is 12.2 Å². The molecule has 206 valence electrons. The second-order valence-electron chi connectivity index (χ2n) is 10.2. The number of ether oxygens (including phenoxy) is 1. The molecule has 2 atom stereocenters. The van der Waals surface area contributed by atoms with Gasteiger partial charge in [0, 0.05) is 41.5 Å². The van der Waals surface area contributed by atoms with Gasteiger partial charge in [0.05, 0.1) is 23.5 Å². The highest BCUT2D eigenvalue weighted by atomic mass is 32.1. The van der Waals surface area contributed by atoms with E-state index in [9.17, 15) is 4.79 Å². The SMILES string of the molecule is COCC(=O)Nc1ccc(N2C(=S)N[C@@H](c3ccccn3)[C@@H]2c2cc(C)n(-c3cccc4ccccc34)c2C)cc1. The number of nitrogens with zero attached hydrogens (tertiary/aromatic N) is 3. The molecule has 8 heteroatoms. The maximum Gasteiger partial charge on any atom is 0.250 e. The quantitative estimate of drug-likeness (QED) is 0.224. The number of rotatable bonds is 7. The molecule has 6 rings (SSSR count). The van der Waals surface area contributed by atoms with Gasteiger partial charge in [0.1, 0.15) is 6.61 Å². The number of nitrogens with one attached hydrogen (secondary N) is 2. The maximum absolute atomic E-state index is 12.0. The molecule has 1 fully saturated rings. The molecule has 0 saturated carbocycles. The molecule has 0 aliphatic carbocycles. The summed E-state index contributed by atoms with van der Waals surface area (Å²) in [5.74, 6) is -0.201. The smallest absolute Gasteiger partial charge is 0.250 e. The Morgan fingerprint density at radius 3 is 2.51 bits per heavy atom. The number of pyridine rings is 1. The molecule has 1 aliphatic heterocycles. The lowest BCUT2D eigenvalue weighted by atomic mass is 9.96. The Kier molecular flexibility index (Phi) is 7.26. The van der Waals surface area contributed by atoms with Crippen molar-refractivity contribution in [2.24, 2.45) is 0 Å². The summed E-state index contributed by atoms with van der Waals surface area (Å²) in [7, 11) is 1.50. The lowest BCUT2D eigenvalue weighted by Crippen LogP contribution is -2.29. The summed E-state index contributed by atoms with van der Waals surface area (Å²) in [6, 6.07) is 30.5. The third-order valence-electron chi connectivity index (χ3n) is 7.60. The number of aryl methyl sites for hydroxylation is 1. The molecular formula is C33H31N5O2S. The van der Waals surface area contributed by atoms with Crippen molar-refractivity contribution in [2.75, 3.05) is 23.9 Å². The first kappa shape index (κ1) is 26.7. The Hall–Kier alpha value is -4.53. The molecule has 1 amide bonds. The number of benzene rings is 3. The molecule has 1 saturated heterocycles. The molecule has 5 aromatic rings. The highest BCUT2D eigenvalue weighted by Gasteiger charge is 2.42. The van der Waals surface area contributed by atoms with Gasteiger partial charge in [0.2, 0.25) is 5.91 Å². The summed E-state index contributed by atoms with van der Waals surface area (Å²) >= 11 is 5.95. The monoisotopic (exact) mass is 561 g/mol. The van der Waals surface area contributed by atoms with Gasteiger partial charge in [-0.2, -0.15) is 0 Å². The Morgan fingerprint density at radius 2 is 1.76 bits per heavy atom. The van der Waals surface area contributed by atoms with Crippen molar-refractivity contribution >= 4 is 45.4 Å². The predicted molar refractivity (Wildman–Crippen MR) is 168 cm³/mol. The zero-order valence-electron chi connectivity index (χ0n) is 23.2. The van der Waals surface area contributed by atoms with E-state index in [0.29, 0.717) is 10.8 Å². The van der Waals surface area contributed by atoms with Crippen LogP contribution in [0.3, 0.4) is 0 Å². The number of anilines is 2. The number of thiocarbonyl (C=S) groups is 1. The van der Waals surface area contributed by atoms with Crippen molar-refractivity contribution in [3.8, 4) is 5.69 Å². The first-order valence-corrected chi connectivity index (χ1v) is 13.9. The Morgan fingerprint density at radius 1 is 1.00 bits per heavy atom. The van der Waals surface area contributed by atoms with Crippen molar-refractivity contribution in [2.45, 2.75) is 25.9 Å². The fourth-order valence-corrected chi connectivity index (χ4v) is 6.19. The molecule has 0 radical (unpaired) electrons. The minimum Gasteiger partial charge on any atom is -0.375 e. The molecule has 2 aromatic heterocycles. The first-order valence-electron chi connectivity index (χ1n) is 13.5. The number of amides is 1. The lowest BCUT2D eigenvalue weighted by Gasteiger charge is -2.28. The number of carbonyl (C=O) groups is 1. The van der Waals surface area contributed by atoms with Crippen LogP contribution in [0.2, 0.25) is 0 Å². The molecule has 2 N–H and O–H groups in total. The van der Waals surface area contributed by atoms with E-state index in [2.05, 4.69) is 82.5 Å². The van der Waals surface area contributed by atoms with E-state index in [1.807, 2.05) is 48.7 Å². The van der Waals surface area contributed by atoms with Gasteiger partial charge in [0.25, 0.3) is 0 Å².